The minimum atomic E-state index is -0.957. The van der Waals surface area contributed by atoms with E-state index in [1.807, 2.05) is 12.3 Å². The second-order valence-corrected chi connectivity index (χ2v) is 6.15. The summed E-state index contributed by atoms with van der Waals surface area (Å²) in [5, 5.41) is 2.74. The van der Waals surface area contributed by atoms with E-state index < -0.39 is 17.9 Å². The van der Waals surface area contributed by atoms with Crippen molar-refractivity contribution in [2.45, 2.75) is 53.2 Å². The molecule has 0 bridgehead atoms. The number of carbonyl (C=O) groups excluding carboxylic acids is 2. The van der Waals surface area contributed by atoms with Crippen molar-refractivity contribution >= 4 is 23.3 Å². The SMILES string of the molecule is Cc1nc(CC(C(=O)OC(C)C)C(=O)OC(C)C)cs1. The third-order valence-corrected chi connectivity index (χ3v) is 3.17. The highest BCUT2D eigenvalue weighted by molar-refractivity contribution is 7.09. The molecule has 0 radical (unpaired) electrons. The molecule has 0 amide bonds. The highest BCUT2D eigenvalue weighted by Gasteiger charge is 2.32. The van der Waals surface area contributed by atoms with Crippen LogP contribution in [0.3, 0.4) is 0 Å². The van der Waals surface area contributed by atoms with Gasteiger partial charge in [0.1, 0.15) is 0 Å². The van der Waals surface area contributed by atoms with E-state index in [2.05, 4.69) is 4.98 Å². The van der Waals surface area contributed by atoms with Crippen molar-refractivity contribution in [2.75, 3.05) is 0 Å². The first-order valence-corrected chi connectivity index (χ1v) is 7.49. The highest BCUT2D eigenvalue weighted by Crippen LogP contribution is 2.16. The molecule has 1 aromatic rings. The second kappa shape index (κ2) is 7.38. The Morgan fingerprint density at radius 3 is 2.00 bits per heavy atom. The predicted molar refractivity (Wildman–Crippen MR) is 76.5 cm³/mol. The fraction of sp³-hybridized carbons (Fsp3) is 0.643. The Kier molecular flexibility index (Phi) is 6.13. The number of aryl methyl sites for hydroxylation is 1. The average molecular weight is 299 g/mol. The van der Waals surface area contributed by atoms with Crippen LogP contribution in [0.4, 0.5) is 0 Å². The first kappa shape index (κ1) is 16.6. The Hall–Kier alpha value is -1.43. The van der Waals surface area contributed by atoms with E-state index in [9.17, 15) is 9.59 Å². The first-order chi connectivity index (χ1) is 9.29. The summed E-state index contributed by atoms with van der Waals surface area (Å²) in [7, 11) is 0. The fourth-order valence-electron chi connectivity index (χ4n) is 1.60. The zero-order valence-electron chi connectivity index (χ0n) is 12.5. The fourth-order valence-corrected chi connectivity index (χ4v) is 2.23. The standard InChI is InChI=1S/C14H21NO4S/c1-8(2)18-13(16)12(14(17)19-9(3)4)6-11-7-20-10(5)15-11/h7-9,12H,6H2,1-5H3. The normalized spacial score (nSPS) is 11.2. The summed E-state index contributed by atoms with van der Waals surface area (Å²) < 4.78 is 10.3. The van der Waals surface area contributed by atoms with Crippen molar-refractivity contribution in [1.82, 2.24) is 4.98 Å². The third kappa shape index (κ3) is 5.28. The summed E-state index contributed by atoms with van der Waals surface area (Å²) in [4.78, 5) is 28.4. The molecule has 0 aliphatic rings. The molecule has 5 nitrogen and oxygen atoms in total. The molecule has 0 saturated heterocycles. The van der Waals surface area contributed by atoms with Gasteiger partial charge < -0.3 is 9.47 Å². The number of aromatic nitrogens is 1. The minimum Gasteiger partial charge on any atom is -0.462 e. The molecule has 1 rings (SSSR count). The molecule has 1 heterocycles. The summed E-state index contributed by atoms with van der Waals surface area (Å²) >= 11 is 1.48. The van der Waals surface area contributed by atoms with Crippen LogP contribution in [-0.4, -0.2) is 29.1 Å². The molecule has 0 spiro atoms. The Morgan fingerprint density at radius 1 is 1.15 bits per heavy atom. The quantitative estimate of drug-likeness (QED) is 0.596. The Labute approximate surface area is 123 Å². The van der Waals surface area contributed by atoms with E-state index in [4.69, 9.17) is 9.47 Å². The molecule has 0 aromatic carbocycles. The van der Waals surface area contributed by atoms with Crippen LogP contribution in [-0.2, 0) is 25.5 Å². The van der Waals surface area contributed by atoms with Gasteiger partial charge in [0.25, 0.3) is 0 Å². The summed E-state index contributed by atoms with van der Waals surface area (Å²) in [5.74, 6) is -2.08. The van der Waals surface area contributed by atoms with Gasteiger partial charge in [-0.2, -0.15) is 0 Å². The summed E-state index contributed by atoms with van der Waals surface area (Å²) in [6, 6.07) is 0. The molecule has 0 unspecified atom stereocenters. The molecule has 0 fully saturated rings. The van der Waals surface area contributed by atoms with Crippen LogP contribution in [0.5, 0.6) is 0 Å². The number of nitrogens with zero attached hydrogens (tertiary/aromatic N) is 1. The van der Waals surface area contributed by atoms with Crippen LogP contribution >= 0.6 is 11.3 Å². The van der Waals surface area contributed by atoms with E-state index in [0.717, 1.165) is 5.01 Å². The molecular weight excluding hydrogens is 278 g/mol. The van der Waals surface area contributed by atoms with Gasteiger partial charge >= 0.3 is 11.9 Å². The van der Waals surface area contributed by atoms with Gasteiger partial charge in [0.15, 0.2) is 5.92 Å². The van der Waals surface area contributed by atoms with Crippen molar-refractivity contribution in [1.29, 1.82) is 0 Å². The van der Waals surface area contributed by atoms with Crippen molar-refractivity contribution in [3.05, 3.63) is 16.1 Å². The maximum Gasteiger partial charge on any atom is 0.320 e. The van der Waals surface area contributed by atoms with Gasteiger partial charge in [0.2, 0.25) is 0 Å². The van der Waals surface area contributed by atoms with Crippen LogP contribution in [0.1, 0.15) is 38.4 Å². The van der Waals surface area contributed by atoms with Crippen LogP contribution in [0.2, 0.25) is 0 Å². The van der Waals surface area contributed by atoms with Crippen LogP contribution in [0, 0.1) is 12.8 Å². The van der Waals surface area contributed by atoms with E-state index in [-0.39, 0.29) is 18.6 Å². The van der Waals surface area contributed by atoms with Crippen molar-refractivity contribution in [3.63, 3.8) is 0 Å². The number of ether oxygens (including phenoxy) is 2. The van der Waals surface area contributed by atoms with Gasteiger partial charge in [0.05, 0.1) is 22.9 Å². The van der Waals surface area contributed by atoms with Crippen LogP contribution in [0.25, 0.3) is 0 Å². The molecule has 0 aliphatic heterocycles. The van der Waals surface area contributed by atoms with E-state index in [1.54, 1.807) is 27.7 Å². The molecule has 0 aliphatic carbocycles. The third-order valence-electron chi connectivity index (χ3n) is 2.35. The highest BCUT2D eigenvalue weighted by atomic mass is 32.1. The summed E-state index contributed by atoms with van der Waals surface area (Å²) in [6.45, 7) is 8.86. The number of hydrogen-bond acceptors (Lipinski definition) is 6. The monoisotopic (exact) mass is 299 g/mol. The lowest BCUT2D eigenvalue weighted by Gasteiger charge is -2.17. The molecule has 1 aromatic heterocycles. The summed E-state index contributed by atoms with van der Waals surface area (Å²) in [6.07, 6.45) is -0.329. The van der Waals surface area contributed by atoms with E-state index in [0.29, 0.717) is 5.69 Å². The topological polar surface area (TPSA) is 65.5 Å². The maximum absolute atomic E-state index is 12.0. The first-order valence-electron chi connectivity index (χ1n) is 6.61. The number of esters is 2. The molecule has 112 valence electrons. The van der Waals surface area contributed by atoms with Gasteiger partial charge in [-0.3, -0.25) is 9.59 Å². The zero-order valence-corrected chi connectivity index (χ0v) is 13.3. The predicted octanol–water partition coefficient (Wildman–Crippen LogP) is 2.51. The molecule has 0 N–H and O–H groups in total. The van der Waals surface area contributed by atoms with Gasteiger partial charge in [-0.05, 0) is 34.6 Å². The summed E-state index contributed by atoms with van der Waals surface area (Å²) in [5.41, 5.74) is 0.707. The Morgan fingerprint density at radius 2 is 1.65 bits per heavy atom. The lowest BCUT2D eigenvalue weighted by atomic mass is 10.0. The smallest absolute Gasteiger partial charge is 0.320 e. The van der Waals surface area contributed by atoms with E-state index >= 15 is 0 Å². The van der Waals surface area contributed by atoms with Gasteiger partial charge in [0, 0.05) is 11.8 Å². The molecule has 0 saturated carbocycles. The maximum atomic E-state index is 12.0. The lowest BCUT2D eigenvalue weighted by Crippen LogP contribution is -2.32. The number of rotatable bonds is 6. The average Bonchev–Trinajstić information content (AvgIpc) is 2.69. The number of hydrogen-bond donors (Lipinski definition) is 0. The number of thiazole rings is 1. The zero-order chi connectivity index (χ0) is 15.3. The Balaban J connectivity index is 2.83. The van der Waals surface area contributed by atoms with Crippen LogP contribution < -0.4 is 0 Å². The van der Waals surface area contributed by atoms with Gasteiger partial charge in [-0.25, -0.2) is 4.98 Å². The van der Waals surface area contributed by atoms with Crippen molar-refractivity contribution < 1.29 is 19.1 Å². The molecular formula is C14H21NO4S. The largest absolute Gasteiger partial charge is 0.462 e. The number of carbonyl (C=O) groups is 2. The lowest BCUT2D eigenvalue weighted by molar-refractivity contribution is -0.166. The molecule has 20 heavy (non-hydrogen) atoms. The van der Waals surface area contributed by atoms with Gasteiger partial charge in [-0.15, -0.1) is 11.3 Å². The van der Waals surface area contributed by atoms with E-state index in [1.165, 1.54) is 11.3 Å². The van der Waals surface area contributed by atoms with Crippen molar-refractivity contribution in [3.8, 4) is 0 Å². The minimum absolute atomic E-state index is 0.210. The van der Waals surface area contributed by atoms with Gasteiger partial charge in [-0.1, -0.05) is 0 Å². The molecule has 6 heteroatoms. The second-order valence-electron chi connectivity index (χ2n) is 5.09. The molecule has 0 atom stereocenters. The Bertz CT molecular complexity index is 445. The van der Waals surface area contributed by atoms with Crippen molar-refractivity contribution in [2.24, 2.45) is 5.92 Å². The van der Waals surface area contributed by atoms with Crippen LogP contribution in [0.15, 0.2) is 5.38 Å².